The van der Waals surface area contributed by atoms with E-state index < -0.39 is 8.24 Å². The first-order chi connectivity index (χ1) is 6.14. The Kier molecular flexibility index (Phi) is 3.58. The zero-order valence-corrected chi connectivity index (χ0v) is 10.5. The fraction of sp³-hybridized carbons (Fsp3) is 1.00. The lowest BCUT2D eigenvalue weighted by Gasteiger charge is -2.49. The predicted octanol–water partition coefficient (Wildman–Crippen LogP) is 3.65. The van der Waals surface area contributed by atoms with E-state index in [4.69, 9.17) is 5.40 Å². The summed E-state index contributed by atoms with van der Waals surface area (Å²) in [7, 11) is -1.39. The number of nitrogens with two attached hydrogens (primary N) is 1. The Morgan fingerprint density at radius 3 is 2.15 bits per heavy atom. The average molecular weight is 199 g/mol. The molecule has 1 atom stereocenters. The number of hydrogen-bond acceptors (Lipinski definition) is 1. The van der Waals surface area contributed by atoms with E-state index in [0.29, 0.717) is 5.04 Å². The molecule has 2 N–H and O–H groups in total. The van der Waals surface area contributed by atoms with Gasteiger partial charge in [0.2, 0.25) is 0 Å². The average Bonchev–Trinajstić information content (AvgIpc) is 2.19. The van der Waals surface area contributed by atoms with Gasteiger partial charge in [0.25, 0.3) is 0 Å². The summed E-state index contributed by atoms with van der Waals surface area (Å²) < 4.78 is 0. The van der Waals surface area contributed by atoms with Crippen LogP contribution in [0.4, 0.5) is 0 Å². The van der Waals surface area contributed by atoms with Crippen LogP contribution >= 0.6 is 0 Å². The van der Waals surface area contributed by atoms with Gasteiger partial charge in [-0.3, -0.25) is 0 Å². The highest BCUT2D eigenvalue weighted by Gasteiger charge is 2.48. The topological polar surface area (TPSA) is 26.0 Å². The van der Waals surface area contributed by atoms with E-state index in [1.165, 1.54) is 44.2 Å². The normalized spacial score (nSPS) is 33.2. The minimum absolute atomic E-state index is 0.583. The molecule has 1 fully saturated rings. The van der Waals surface area contributed by atoms with Gasteiger partial charge in [0.1, 0.15) is 8.24 Å². The van der Waals surface area contributed by atoms with Crippen molar-refractivity contribution in [3.63, 3.8) is 0 Å². The summed E-state index contributed by atoms with van der Waals surface area (Å²) in [6.07, 6.45) is 6.88. The zero-order chi connectivity index (χ0) is 9.95. The first-order valence-corrected chi connectivity index (χ1v) is 8.42. The molecule has 2 heteroatoms. The van der Waals surface area contributed by atoms with Gasteiger partial charge in [-0.25, -0.2) is 0 Å². The molecule has 0 spiro atoms. The van der Waals surface area contributed by atoms with Crippen molar-refractivity contribution in [3.05, 3.63) is 0 Å². The predicted molar refractivity (Wildman–Crippen MR) is 62.4 cm³/mol. The van der Waals surface area contributed by atoms with Gasteiger partial charge in [-0.2, -0.15) is 0 Å². The molecule has 0 saturated carbocycles. The van der Waals surface area contributed by atoms with Gasteiger partial charge >= 0.3 is 0 Å². The molecular weight excluding hydrogens is 174 g/mol. The Hall–Kier alpha value is 0.177. The summed E-state index contributed by atoms with van der Waals surface area (Å²) in [6.45, 7) is 7.01. The molecule has 1 aliphatic heterocycles. The van der Waals surface area contributed by atoms with Crippen LogP contribution < -0.4 is 5.40 Å². The van der Waals surface area contributed by atoms with Crippen molar-refractivity contribution >= 4 is 8.24 Å². The second kappa shape index (κ2) is 4.14. The fourth-order valence-corrected chi connectivity index (χ4v) is 7.88. The Morgan fingerprint density at radius 2 is 1.77 bits per heavy atom. The summed E-state index contributed by atoms with van der Waals surface area (Å²) in [6, 6.07) is 2.67. The van der Waals surface area contributed by atoms with Gasteiger partial charge in [0.15, 0.2) is 0 Å². The molecule has 0 aliphatic carbocycles. The monoisotopic (exact) mass is 199 g/mol. The largest absolute Gasteiger partial charge is 0.350 e. The lowest BCUT2D eigenvalue weighted by molar-refractivity contribution is 0.409. The highest BCUT2D eigenvalue weighted by molar-refractivity contribution is 6.79. The molecule has 1 heterocycles. The van der Waals surface area contributed by atoms with Crippen molar-refractivity contribution < 1.29 is 0 Å². The standard InChI is InChI=1S/C11H25NSi/c1-4-11(5-2)9-7-8-10-13(11,12)6-3/h4-10,12H2,1-3H3. The van der Waals surface area contributed by atoms with E-state index in [2.05, 4.69) is 20.8 Å². The van der Waals surface area contributed by atoms with Crippen LogP contribution in [0.25, 0.3) is 0 Å². The van der Waals surface area contributed by atoms with Crippen LogP contribution in [0.1, 0.15) is 52.9 Å². The molecule has 0 bridgehead atoms. The fourth-order valence-electron chi connectivity index (χ4n) is 3.28. The second-order valence-electron chi connectivity index (χ2n) is 4.70. The first-order valence-electron chi connectivity index (χ1n) is 5.93. The third-order valence-electron chi connectivity index (χ3n) is 4.57. The van der Waals surface area contributed by atoms with Gasteiger partial charge in [-0.1, -0.05) is 46.5 Å². The molecule has 1 rings (SSSR count). The molecule has 13 heavy (non-hydrogen) atoms. The van der Waals surface area contributed by atoms with E-state index >= 15 is 0 Å². The van der Waals surface area contributed by atoms with Crippen molar-refractivity contribution in [2.75, 3.05) is 0 Å². The molecule has 1 unspecified atom stereocenters. The minimum atomic E-state index is -1.39. The summed E-state index contributed by atoms with van der Waals surface area (Å²) in [5, 5.41) is 7.28. The lowest BCUT2D eigenvalue weighted by atomic mass is 9.94. The van der Waals surface area contributed by atoms with E-state index in [9.17, 15) is 0 Å². The summed E-state index contributed by atoms with van der Waals surface area (Å²) >= 11 is 0. The zero-order valence-electron chi connectivity index (χ0n) is 9.53. The van der Waals surface area contributed by atoms with E-state index in [-0.39, 0.29) is 0 Å². The smallest absolute Gasteiger partial charge is 0.129 e. The molecule has 78 valence electrons. The molecule has 1 nitrogen and oxygen atoms in total. The second-order valence-corrected chi connectivity index (χ2v) is 9.28. The van der Waals surface area contributed by atoms with Crippen molar-refractivity contribution in [1.82, 2.24) is 0 Å². The Morgan fingerprint density at radius 1 is 1.15 bits per heavy atom. The van der Waals surface area contributed by atoms with Crippen LogP contribution in [0.5, 0.6) is 0 Å². The molecule has 0 radical (unpaired) electrons. The molecule has 0 aromatic rings. The molecule has 0 amide bonds. The van der Waals surface area contributed by atoms with Gasteiger partial charge in [0, 0.05) is 0 Å². The summed E-state index contributed by atoms with van der Waals surface area (Å²) in [5.74, 6) is 0. The maximum atomic E-state index is 6.70. The maximum Gasteiger partial charge on any atom is 0.129 e. The highest BCUT2D eigenvalue weighted by Crippen LogP contribution is 2.53. The van der Waals surface area contributed by atoms with E-state index in [1.54, 1.807) is 0 Å². The van der Waals surface area contributed by atoms with Crippen LogP contribution in [0.15, 0.2) is 0 Å². The highest BCUT2D eigenvalue weighted by atomic mass is 28.3. The molecule has 1 saturated heterocycles. The van der Waals surface area contributed by atoms with Gasteiger partial charge < -0.3 is 5.40 Å². The van der Waals surface area contributed by atoms with Crippen LogP contribution in [0.2, 0.25) is 17.1 Å². The van der Waals surface area contributed by atoms with Gasteiger partial charge in [-0.15, -0.1) is 0 Å². The van der Waals surface area contributed by atoms with Crippen molar-refractivity contribution in [1.29, 1.82) is 0 Å². The first kappa shape index (κ1) is 11.3. The van der Waals surface area contributed by atoms with Crippen molar-refractivity contribution in [2.24, 2.45) is 5.40 Å². The Labute approximate surface area is 84.2 Å². The third kappa shape index (κ3) is 1.71. The minimum Gasteiger partial charge on any atom is -0.350 e. The Bertz CT molecular complexity index is 165. The van der Waals surface area contributed by atoms with Gasteiger partial charge in [0.05, 0.1) is 0 Å². The molecule has 1 aliphatic rings. The quantitative estimate of drug-likeness (QED) is 0.690. The van der Waals surface area contributed by atoms with Gasteiger partial charge in [-0.05, 0) is 23.5 Å². The number of rotatable bonds is 3. The van der Waals surface area contributed by atoms with E-state index in [0.717, 1.165) is 0 Å². The van der Waals surface area contributed by atoms with E-state index in [1.807, 2.05) is 0 Å². The summed E-state index contributed by atoms with van der Waals surface area (Å²) in [4.78, 5) is 0. The Balaban J connectivity index is 2.87. The van der Waals surface area contributed by atoms with Crippen LogP contribution in [-0.4, -0.2) is 8.24 Å². The number of hydrogen-bond donors (Lipinski definition) is 1. The van der Waals surface area contributed by atoms with Crippen molar-refractivity contribution in [2.45, 2.75) is 70.0 Å². The summed E-state index contributed by atoms with van der Waals surface area (Å²) in [5.41, 5.74) is 0. The van der Waals surface area contributed by atoms with Crippen LogP contribution in [-0.2, 0) is 0 Å². The van der Waals surface area contributed by atoms with Crippen molar-refractivity contribution in [3.8, 4) is 0 Å². The SMILES string of the molecule is CCC1(CC)CCCC[Si]1(N)CC. The molecule has 0 aromatic carbocycles. The van der Waals surface area contributed by atoms with Crippen LogP contribution in [0, 0.1) is 0 Å². The lowest BCUT2D eigenvalue weighted by Crippen LogP contribution is -2.57. The third-order valence-corrected chi connectivity index (χ3v) is 10.1. The maximum absolute atomic E-state index is 6.70. The molecular formula is C11H25NSi. The van der Waals surface area contributed by atoms with Crippen LogP contribution in [0.3, 0.4) is 0 Å². The molecule has 0 aromatic heterocycles.